The van der Waals surface area contributed by atoms with Crippen LogP contribution >= 0.6 is 11.6 Å². The van der Waals surface area contributed by atoms with E-state index >= 15 is 0 Å². The fourth-order valence-corrected chi connectivity index (χ4v) is 1.87. The van der Waals surface area contributed by atoms with E-state index in [9.17, 15) is 4.79 Å². The third kappa shape index (κ3) is 3.95. The molecule has 2 rings (SSSR count). The van der Waals surface area contributed by atoms with Gasteiger partial charge in [-0.1, -0.05) is 17.7 Å². The number of methoxy groups -OCH3 is 1. The lowest BCUT2D eigenvalue weighted by Gasteiger charge is -2.10. The Morgan fingerprint density at radius 2 is 2.14 bits per heavy atom. The molecular formula is C15H15ClN4O2. The molecule has 1 aromatic carbocycles. The highest BCUT2D eigenvalue weighted by atomic mass is 35.5. The lowest BCUT2D eigenvalue weighted by atomic mass is 10.2. The average molecular weight is 319 g/mol. The minimum atomic E-state index is -0.434. The van der Waals surface area contributed by atoms with Gasteiger partial charge in [0, 0.05) is 12.6 Å². The Morgan fingerprint density at radius 3 is 2.86 bits per heavy atom. The molecule has 0 spiro atoms. The molecule has 1 heterocycles. The summed E-state index contributed by atoms with van der Waals surface area (Å²) in [4.78, 5) is 19.8. The first-order chi connectivity index (χ1) is 10.6. The van der Waals surface area contributed by atoms with Gasteiger partial charge in [-0.15, -0.1) is 6.58 Å². The maximum atomic E-state index is 11.6. The summed E-state index contributed by atoms with van der Waals surface area (Å²) in [7, 11) is 1.33. The van der Waals surface area contributed by atoms with E-state index in [0.29, 0.717) is 34.5 Å². The van der Waals surface area contributed by atoms with E-state index in [-0.39, 0.29) is 0 Å². The fraction of sp³-hybridized carbons (Fsp3) is 0.133. The smallest absolute Gasteiger partial charge is 0.337 e. The SMILES string of the molecule is C=CCNc1cc(Nc2cc(C(=O)OC)ccc2Cl)ncn1. The standard InChI is InChI=1S/C15H15ClN4O2/c1-3-6-17-13-8-14(19-9-18-13)20-12-7-10(15(21)22-2)4-5-11(12)16/h3-5,7-9H,1,6H2,2H3,(H2,17,18,19,20). The van der Waals surface area contributed by atoms with Crippen LogP contribution in [0, 0.1) is 0 Å². The van der Waals surface area contributed by atoms with Crippen molar-refractivity contribution in [2.75, 3.05) is 24.3 Å². The monoisotopic (exact) mass is 318 g/mol. The van der Waals surface area contributed by atoms with Gasteiger partial charge in [0.15, 0.2) is 0 Å². The van der Waals surface area contributed by atoms with E-state index < -0.39 is 5.97 Å². The van der Waals surface area contributed by atoms with Crippen LogP contribution < -0.4 is 10.6 Å². The number of aromatic nitrogens is 2. The van der Waals surface area contributed by atoms with Gasteiger partial charge in [0.25, 0.3) is 0 Å². The second-order valence-corrected chi connectivity index (χ2v) is 4.68. The molecule has 2 N–H and O–H groups in total. The second kappa shape index (κ2) is 7.42. The van der Waals surface area contributed by atoms with Crippen molar-refractivity contribution < 1.29 is 9.53 Å². The van der Waals surface area contributed by atoms with Gasteiger partial charge < -0.3 is 15.4 Å². The Kier molecular flexibility index (Phi) is 5.32. The predicted molar refractivity (Wildman–Crippen MR) is 86.8 cm³/mol. The number of nitrogens with zero attached hydrogens (tertiary/aromatic N) is 2. The van der Waals surface area contributed by atoms with Crippen molar-refractivity contribution in [3.63, 3.8) is 0 Å². The first-order valence-electron chi connectivity index (χ1n) is 6.45. The number of hydrogen-bond donors (Lipinski definition) is 2. The summed E-state index contributed by atoms with van der Waals surface area (Å²) in [5, 5.41) is 6.57. The molecule has 114 valence electrons. The van der Waals surface area contributed by atoms with Crippen LogP contribution in [0.1, 0.15) is 10.4 Å². The van der Waals surface area contributed by atoms with Crippen molar-refractivity contribution in [2.24, 2.45) is 0 Å². The lowest BCUT2D eigenvalue weighted by Crippen LogP contribution is -2.04. The molecule has 0 aliphatic rings. The lowest BCUT2D eigenvalue weighted by molar-refractivity contribution is 0.0601. The average Bonchev–Trinajstić information content (AvgIpc) is 2.54. The quantitative estimate of drug-likeness (QED) is 0.629. The van der Waals surface area contributed by atoms with Gasteiger partial charge in [-0.05, 0) is 18.2 Å². The van der Waals surface area contributed by atoms with Crippen LogP contribution in [0.15, 0.2) is 43.2 Å². The predicted octanol–water partition coefficient (Wildman–Crippen LogP) is 3.26. The highest BCUT2D eigenvalue weighted by Crippen LogP contribution is 2.26. The fourth-order valence-electron chi connectivity index (χ4n) is 1.70. The molecule has 0 aliphatic carbocycles. The molecule has 0 saturated carbocycles. The topological polar surface area (TPSA) is 76.1 Å². The highest BCUT2D eigenvalue weighted by molar-refractivity contribution is 6.33. The molecule has 0 atom stereocenters. The van der Waals surface area contributed by atoms with Crippen molar-refractivity contribution in [1.29, 1.82) is 0 Å². The van der Waals surface area contributed by atoms with Crippen molar-refractivity contribution in [3.8, 4) is 0 Å². The zero-order valence-corrected chi connectivity index (χ0v) is 12.7. The normalized spacial score (nSPS) is 9.91. The number of carbonyl (C=O) groups is 1. The highest BCUT2D eigenvalue weighted by Gasteiger charge is 2.10. The minimum Gasteiger partial charge on any atom is -0.465 e. The van der Waals surface area contributed by atoms with Crippen molar-refractivity contribution >= 4 is 34.9 Å². The molecule has 0 aliphatic heterocycles. The molecule has 0 saturated heterocycles. The van der Waals surface area contributed by atoms with Gasteiger partial charge in [-0.3, -0.25) is 0 Å². The molecule has 0 amide bonds. The molecule has 1 aromatic heterocycles. The molecule has 0 radical (unpaired) electrons. The largest absolute Gasteiger partial charge is 0.465 e. The zero-order chi connectivity index (χ0) is 15.9. The Labute approximate surface area is 133 Å². The number of halogens is 1. The number of benzene rings is 1. The van der Waals surface area contributed by atoms with Gasteiger partial charge in [0.1, 0.15) is 18.0 Å². The zero-order valence-electron chi connectivity index (χ0n) is 12.0. The number of anilines is 3. The van der Waals surface area contributed by atoms with Crippen LogP contribution in [0.5, 0.6) is 0 Å². The number of rotatable bonds is 6. The van der Waals surface area contributed by atoms with Gasteiger partial charge in [0.2, 0.25) is 0 Å². The number of ether oxygens (including phenoxy) is 1. The van der Waals surface area contributed by atoms with Crippen LogP contribution in [0.4, 0.5) is 17.3 Å². The van der Waals surface area contributed by atoms with E-state index in [0.717, 1.165) is 0 Å². The number of esters is 1. The van der Waals surface area contributed by atoms with Gasteiger partial charge in [0.05, 0.1) is 23.4 Å². The first kappa shape index (κ1) is 15.8. The molecule has 2 aromatic rings. The van der Waals surface area contributed by atoms with E-state index in [1.807, 2.05) is 0 Å². The van der Waals surface area contributed by atoms with Crippen molar-refractivity contribution in [1.82, 2.24) is 9.97 Å². The maximum absolute atomic E-state index is 11.6. The Bertz CT molecular complexity index is 691. The van der Waals surface area contributed by atoms with E-state index in [4.69, 9.17) is 11.6 Å². The summed E-state index contributed by atoms with van der Waals surface area (Å²) in [5.41, 5.74) is 0.950. The number of hydrogen-bond acceptors (Lipinski definition) is 6. The van der Waals surface area contributed by atoms with Crippen LogP contribution in [0.2, 0.25) is 5.02 Å². The number of nitrogens with one attached hydrogen (secondary N) is 2. The van der Waals surface area contributed by atoms with Crippen molar-refractivity contribution in [2.45, 2.75) is 0 Å². The molecular weight excluding hydrogens is 304 g/mol. The van der Waals surface area contributed by atoms with Crippen molar-refractivity contribution in [3.05, 3.63) is 53.8 Å². The number of carbonyl (C=O) groups excluding carboxylic acids is 1. The summed E-state index contributed by atoms with van der Waals surface area (Å²) in [5.74, 6) is 0.763. The summed E-state index contributed by atoms with van der Waals surface area (Å²) < 4.78 is 4.69. The van der Waals surface area contributed by atoms with E-state index in [1.165, 1.54) is 13.4 Å². The van der Waals surface area contributed by atoms with Gasteiger partial charge in [-0.2, -0.15) is 0 Å². The Balaban J connectivity index is 2.22. The van der Waals surface area contributed by atoms with Gasteiger partial charge >= 0.3 is 5.97 Å². The van der Waals surface area contributed by atoms with Crippen LogP contribution in [-0.2, 0) is 4.74 Å². The van der Waals surface area contributed by atoms with Crippen LogP contribution in [0.3, 0.4) is 0 Å². The molecule has 0 bridgehead atoms. The maximum Gasteiger partial charge on any atom is 0.337 e. The summed E-state index contributed by atoms with van der Waals surface area (Å²) in [6.45, 7) is 4.22. The molecule has 0 unspecified atom stereocenters. The van der Waals surface area contributed by atoms with E-state index in [2.05, 4.69) is 31.9 Å². The summed E-state index contributed by atoms with van der Waals surface area (Å²) in [6, 6.07) is 6.54. The van der Waals surface area contributed by atoms with Crippen LogP contribution in [-0.4, -0.2) is 29.6 Å². The molecule has 6 nitrogen and oxygen atoms in total. The second-order valence-electron chi connectivity index (χ2n) is 4.27. The molecule has 22 heavy (non-hydrogen) atoms. The third-order valence-electron chi connectivity index (χ3n) is 2.74. The Hall–Kier alpha value is -2.60. The van der Waals surface area contributed by atoms with Gasteiger partial charge in [-0.25, -0.2) is 14.8 Å². The summed E-state index contributed by atoms with van der Waals surface area (Å²) >= 11 is 6.13. The summed E-state index contributed by atoms with van der Waals surface area (Å²) in [6.07, 6.45) is 3.15. The van der Waals surface area contributed by atoms with E-state index in [1.54, 1.807) is 30.3 Å². The Morgan fingerprint density at radius 1 is 1.36 bits per heavy atom. The third-order valence-corrected chi connectivity index (χ3v) is 3.07. The minimum absolute atomic E-state index is 0.397. The van der Waals surface area contributed by atoms with Crippen LogP contribution in [0.25, 0.3) is 0 Å². The molecule has 0 fully saturated rings. The molecule has 7 heteroatoms. The first-order valence-corrected chi connectivity index (χ1v) is 6.83.